The number of anilines is 1. The number of hydrogen-bond donors (Lipinski definition) is 0. The molecule has 6 heteroatoms. The summed E-state index contributed by atoms with van der Waals surface area (Å²) in [6.07, 6.45) is 0. The van der Waals surface area contributed by atoms with Gasteiger partial charge in [-0.3, -0.25) is 0 Å². The smallest absolute Gasteiger partial charge is 1.00 e. The van der Waals surface area contributed by atoms with E-state index in [1.165, 1.54) is 21.6 Å². The first-order valence-electron chi connectivity index (χ1n) is 8.77. The Balaban J connectivity index is 0. The van der Waals surface area contributed by atoms with Crippen molar-refractivity contribution in [1.82, 2.24) is 0 Å². The van der Waals surface area contributed by atoms with Crippen molar-refractivity contribution in [3.63, 3.8) is 0 Å². The van der Waals surface area contributed by atoms with Gasteiger partial charge in [0, 0.05) is 0 Å². The first kappa shape index (κ1) is 31.3. The minimum atomic E-state index is -0.504. The third kappa shape index (κ3) is 8.72. The van der Waals surface area contributed by atoms with E-state index in [0.717, 1.165) is 0 Å². The van der Waals surface area contributed by atoms with Crippen LogP contribution >= 0.6 is 7.92 Å². The number of nitrogens with zero attached hydrogens (tertiary/aromatic N) is 1. The van der Waals surface area contributed by atoms with Crippen LogP contribution in [0.3, 0.4) is 0 Å². The Labute approximate surface area is 219 Å². The fourth-order valence-electron chi connectivity index (χ4n) is 2.87. The third-order valence-corrected chi connectivity index (χ3v) is 6.57. The Morgan fingerprint density at radius 2 is 1.17 bits per heavy atom. The van der Waals surface area contributed by atoms with Crippen LogP contribution in [0.2, 0.25) is 0 Å². The van der Waals surface area contributed by atoms with Crippen LogP contribution in [0.15, 0.2) is 109 Å². The van der Waals surface area contributed by atoms with Gasteiger partial charge in [0.15, 0.2) is 0 Å². The van der Waals surface area contributed by atoms with Crippen molar-refractivity contribution in [2.45, 2.75) is 0 Å². The summed E-state index contributed by atoms with van der Waals surface area (Å²) in [6, 6.07) is 38.3. The Kier molecular flexibility index (Phi) is 17.6. The van der Waals surface area contributed by atoms with Gasteiger partial charge in [-0.25, -0.2) is 24.3 Å². The molecule has 0 heterocycles. The van der Waals surface area contributed by atoms with E-state index in [1.807, 2.05) is 30.3 Å². The Bertz CT molecular complexity index is 827. The van der Waals surface area contributed by atoms with Crippen molar-refractivity contribution in [2.24, 2.45) is 0 Å². The molecule has 0 aliphatic carbocycles. The van der Waals surface area contributed by atoms with Crippen molar-refractivity contribution < 1.29 is 62.9 Å². The van der Waals surface area contributed by atoms with Gasteiger partial charge in [0.05, 0.1) is 0 Å². The van der Waals surface area contributed by atoms with Crippen LogP contribution in [0.1, 0.15) is 0 Å². The van der Waals surface area contributed by atoms with Crippen LogP contribution in [-0.4, -0.2) is 14.1 Å². The van der Waals surface area contributed by atoms with Crippen molar-refractivity contribution in [3.05, 3.63) is 109 Å². The van der Waals surface area contributed by atoms with Crippen molar-refractivity contribution in [2.75, 3.05) is 19.0 Å². The minimum Gasteiger partial charge on any atom is -1.00 e. The summed E-state index contributed by atoms with van der Waals surface area (Å²) in [5.74, 6) is 0. The van der Waals surface area contributed by atoms with Gasteiger partial charge in [0.2, 0.25) is 0 Å². The molecule has 0 radical (unpaired) electrons. The summed E-state index contributed by atoms with van der Waals surface area (Å²) >= 11 is 0. The molecule has 0 amide bonds. The molecule has 4 aromatic carbocycles. The molecule has 0 N–H and O–H groups in total. The largest absolute Gasteiger partial charge is 2.00 e. The van der Waals surface area contributed by atoms with Gasteiger partial charge in [0.25, 0.3) is 0 Å². The van der Waals surface area contributed by atoms with Gasteiger partial charge in [0.1, 0.15) is 0 Å². The topological polar surface area (TPSA) is 3.24 Å². The second-order valence-corrected chi connectivity index (χ2v) is 8.34. The van der Waals surface area contributed by atoms with E-state index in [4.69, 9.17) is 0 Å². The van der Waals surface area contributed by atoms with E-state index >= 15 is 0 Å². The minimum absolute atomic E-state index is 0. The van der Waals surface area contributed by atoms with E-state index < -0.39 is 7.92 Å². The molecule has 4 rings (SSSR count). The second-order valence-electron chi connectivity index (χ2n) is 6.16. The van der Waals surface area contributed by atoms with E-state index in [-0.39, 0.29) is 62.9 Å². The fourth-order valence-corrected chi connectivity index (χ4v) is 5.40. The summed E-state index contributed by atoms with van der Waals surface area (Å²) in [7, 11) is 3.72. The zero-order chi connectivity index (χ0) is 18.2. The van der Waals surface area contributed by atoms with Crippen LogP contribution in [0.4, 0.5) is 5.69 Å². The summed E-state index contributed by atoms with van der Waals surface area (Å²) in [5.41, 5.74) is 1.31. The molecule has 30 heavy (non-hydrogen) atoms. The molecular weight excluding hydrogens is 655 g/mol. The van der Waals surface area contributed by atoms with E-state index in [1.54, 1.807) is 0 Å². The molecule has 0 aromatic heterocycles. The van der Waals surface area contributed by atoms with Crippen LogP contribution < -0.4 is 45.6 Å². The maximum atomic E-state index is 2.26. The van der Waals surface area contributed by atoms with Gasteiger partial charge in [-0.1, -0.05) is 66.4 Å². The molecule has 162 valence electrons. The standard InChI is InChI=1S/C19H19NP.C5H5.2ClH.Fe.Pt/c1-20(2)18-14-9-15-19(18)21(16-10-5-3-6-11-16)17-12-7-4-8-13-17;1-2-4-5-3-1;;;;/h3-15H,1-2H3;1-5H;2*1H;;/q2*-1;;;2*+2/p-2. The Morgan fingerprint density at radius 1 is 0.700 bits per heavy atom. The number of hydrogen-bond acceptors (Lipinski definition) is 1. The average Bonchev–Trinajstić information content (AvgIpc) is 3.39. The Hall–Kier alpha value is -0.842. The normalized spacial score (nSPS) is 8.90. The molecule has 0 unspecified atom stereocenters. The zero-order valence-corrected chi connectivity index (χ0v) is 22.5. The van der Waals surface area contributed by atoms with Crippen LogP contribution in [-0.2, 0) is 38.1 Å². The molecule has 1 nitrogen and oxygen atoms in total. The molecule has 0 atom stereocenters. The van der Waals surface area contributed by atoms with Gasteiger partial charge in [-0.15, -0.1) is 5.30 Å². The predicted octanol–water partition coefficient (Wildman–Crippen LogP) is -1.36. The van der Waals surface area contributed by atoms with Crippen molar-refractivity contribution >= 4 is 29.5 Å². The van der Waals surface area contributed by atoms with Crippen molar-refractivity contribution in [1.29, 1.82) is 0 Å². The number of benzene rings is 2. The number of rotatable bonds is 4. The van der Waals surface area contributed by atoms with E-state index in [0.29, 0.717) is 0 Å². The molecule has 0 saturated heterocycles. The van der Waals surface area contributed by atoms with E-state index in [9.17, 15) is 0 Å². The van der Waals surface area contributed by atoms with Gasteiger partial charge in [-0.2, -0.15) is 24.3 Å². The third-order valence-electron chi connectivity index (χ3n) is 4.08. The summed E-state index contributed by atoms with van der Waals surface area (Å²) in [4.78, 5) is 2.20. The van der Waals surface area contributed by atoms with Crippen LogP contribution in [0, 0.1) is 0 Å². The van der Waals surface area contributed by atoms with Crippen molar-refractivity contribution in [3.8, 4) is 0 Å². The van der Waals surface area contributed by atoms with Gasteiger partial charge in [-0.05, 0) is 32.6 Å². The summed E-state index contributed by atoms with van der Waals surface area (Å²) in [5, 5.41) is 4.22. The van der Waals surface area contributed by atoms with Crippen LogP contribution in [0.25, 0.3) is 0 Å². The predicted molar refractivity (Wildman–Crippen MR) is 117 cm³/mol. The quantitative estimate of drug-likeness (QED) is 0.147. The summed E-state index contributed by atoms with van der Waals surface area (Å²) < 4.78 is 0. The zero-order valence-electron chi connectivity index (χ0n) is 16.7. The summed E-state index contributed by atoms with van der Waals surface area (Å²) in [6.45, 7) is 0. The van der Waals surface area contributed by atoms with Gasteiger partial charge >= 0.3 is 38.1 Å². The molecule has 0 spiro atoms. The molecule has 0 fully saturated rings. The molecule has 0 bridgehead atoms. The van der Waals surface area contributed by atoms with Crippen LogP contribution in [0.5, 0.6) is 0 Å². The second kappa shape index (κ2) is 16.8. The molecular formula is C24H24Cl2FeNPPt. The first-order valence-corrected chi connectivity index (χ1v) is 10.1. The van der Waals surface area contributed by atoms with E-state index in [2.05, 4.69) is 97.9 Å². The molecule has 0 aliphatic heterocycles. The SMILES string of the molecule is CN(C)[c-]1cccc1P(c1ccccc1)c1ccccc1.[Cl-].[Cl-].[Fe+2].[Pt+2].c1cc[cH-]c1. The monoisotopic (exact) mass is 678 g/mol. The van der Waals surface area contributed by atoms with Gasteiger partial charge < -0.3 is 29.7 Å². The maximum absolute atomic E-state index is 2.26. The average molecular weight is 679 g/mol. The first-order chi connectivity index (χ1) is 12.8. The molecule has 0 aliphatic rings. The fraction of sp³-hybridized carbons (Fsp3) is 0.0833. The molecule has 4 aromatic rings. The Morgan fingerprint density at radius 3 is 1.53 bits per heavy atom. The molecule has 0 saturated carbocycles. The maximum Gasteiger partial charge on any atom is 2.00 e. The number of halogens is 2.